The molecule has 3 rings (SSSR count). The normalized spacial score (nSPS) is 20.7. The van der Waals surface area contributed by atoms with E-state index in [9.17, 15) is 4.79 Å². The number of hydrogen-bond donors (Lipinski definition) is 1. The van der Waals surface area contributed by atoms with Crippen LogP contribution < -0.4 is 0 Å². The van der Waals surface area contributed by atoms with E-state index in [0.717, 1.165) is 23.4 Å². The van der Waals surface area contributed by atoms with Crippen molar-refractivity contribution < 1.29 is 9.90 Å². The average Bonchev–Trinajstić information content (AvgIpc) is 2.80. The maximum Gasteiger partial charge on any atom is 0.335 e. The summed E-state index contributed by atoms with van der Waals surface area (Å²) in [4.78, 5) is 15.6. The second-order valence-electron chi connectivity index (χ2n) is 6.17. The standard InChI is InChI=1S/C15H18N2O2/c1-9-16-12-5-4-10(14(18)19)6-13(12)17(9)8-11-7-15(11,2)3/h4-6,11H,7-8H2,1-3H3,(H,18,19). The van der Waals surface area contributed by atoms with Crippen LogP contribution in [0.5, 0.6) is 0 Å². The van der Waals surface area contributed by atoms with E-state index in [-0.39, 0.29) is 0 Å². The van der Waals surface area contributed by atoms with E-state index in [0.29, 0.717) is 16.9 Å². The van der Waals surface area contributed by atoms with Gasteiger partial charge in [0.25, 0.3) is 0 Å². The molecule has 1 saturated carbocycles. The van der Waals surface area contributed by atoms with Gasteiger partial charge in [-0.2, -0.15) is 0 Å². The third-order valence-corrected chi connectivity index (χ3v) is 4.31. The molecule has 2 aromatic rings. The Morgan fingerprint density at radius 3 is 2.79 bits per heavy atom. The number of aromatic nitrogens is 2. The fourth-order valence-corrected chi connectivity index (χ4v) is 2.71. The third-order valence-electron chi connectivity index (χ3n) is 4.31. The summed E-state index contributed by atoms with van der Waals surface area (Å²) in [5, 5.41) is 9.09. The van der Waals surface area contributed by atoms with E-state index in [2.05, 4.69) is 23.4 Å². The lowest BCUT2D eigenvalue weighted by atomic mass is 10.1. The van der Waals surface area contributed by atoms with E-state index < -0.39 is 5.97 Å². The SMILES string of the molecule is Cc1nc2ccc(C(=O)O)cc2n1CC1CC1(C)C. The summed E-state index contributed by atoms with van der Waals surface area (Å²) in [6.45, 7) is 7.46. The van der Waals surface area contributed by atoms with E-state index in [1.54, 1.807) is 18.2 Å². The summed E-state index contributed by atoms with van der Waals surface area (Å²) in [7, 11) is 0. The molecule has 4 heteroatoms. The minimum Gasteiger partial charge on any atom is -0.478 e. The minimum atomic E-state index is -0.890. The molecule has 1 aromatic heterocycles. The molecule has 1 fully saturated rings. The average molecular weight is 258 g/mol. The van der Waals surface area contributed by atoms with Crippen molar-refractivity contribution in [2.24, 2.45) is 11.3 Å². The van der Waals surface area contributed by atoms with E-state index in [4.69, 9.17) is 5.11 Å². The Kier molecular flexibility index (Phi) is 2.46. The highest BCUT2D eigenvalue weighted by Crippen LogP contribution is 2.52. The zero-order valence-electron chi connectivity index (χ0n) is 11.5. The molecule has 0 spiro atoms. The highest BCUT2D eigenvalue weighted by atomic mass is 16.4. The quantitative estimate of drug-likeness (QED) is 0.920. The van der Waals surface area contributed by atoms with Crippen molar-refractivity contribution in [1.29, 1.82) is 0 Å². The van der Waals surface area contributed by atoms with Crippen molar-refractivity contribution in [3.8, 4) is 0 Å². The Labute approximate surface area is 112 Å². The van der Waals surface area contributed by atoms with Gasteiger partial charge in [0.05, 0.1) is 16.6 Å². The number of fused-ring (bicyclic) bond motifs is 1. The molecule has 1 aliphatic rings. The van der Waals surface area contributed by atoms with Crippen molar-refractivity contribution in [1.82, 2.24) is 9.55 Å². The molecule has 0 saturated heterocycles. The summed E-state index contributed by atoms with van der Waals surface area (Å²) in [6.07, 6.45) is 1.23. The Morgan fingerprint density at radius 1 is 1.53 bits per heavy atom. The number of nitrogens with zero attached hydrogens (tertiary/aromatic N) is 2. The molecule has 4 nitrogen and oxygen atoms in total. The summed E-state index contributed by atoms with van der Waals surface area (Å²) in [5.41, 5.74) is 2.54. The lowest BCUT2D eigenvalue weighted by molar-refractivity contribution is 0.0697. The van der Waals surface area contributed by atoms with Gasteiger partial charge in [0.15, 0.2) is 0 Å². The van der Waals surface area contributed by atoms with E-state index in [1.165, 1.54) is 6.42 Å². The first-order valence-electron chi connectivity index (χ1n) is 6.59. The maximum atomic E-state index is 11.1. The predicted molar refractivity (Wildman–Crippen MR) is 73.3 cm³/mol. The Balaban J connectivity index is 2.04. The summed E-state index contributed by atoms with van der Waals surface area (Å²) in [5.74, 6) is 0.733. The van der Waals surface area contributed by atoms with Gasteiger partial charge in [0.2, 0.25) is 0 Å². The van der Waals surface area contributed by atoms with Crippen LogP contribution >= 0.6 is 0 Å². The lowest BCUT2D eigenvalue weighted by Gasteiger charge is -2.08. The molecule has 1 aliphatic carbocycles. The molecule has 0 aliphatic heterocycles. The molecule has 0 amide bonds. The maximum absolute atomic E-state index is 11.1. The van der Waals surface area contributed by atoms with Crippen LogP contribution in [0.4, 0.5) is 0 Å². The first-order chi connectivity index (χ1) is 8.88. The van der Waals surface area contributed by atoms with Gasteiger partial charge in [0, 0.05) is 6.54 Å². The molecule has 100 valence electrons. The van der Waals surface area contributed by atoms with Gasteiger partial charge in [-0.3, -0.25) is 0 Å². The van der Waals surface area contributed by atoms with Crippen LogP contribution in [0.25, 0.3) is 11.0 Å². The van der Waals surface area contributed by atoms with Crippen molar-refractivity contribution in [2.75, 3.05) is 0 Å². The Hall–Kier alpha value is -1.84. The lowest BCUT2D eigenvalue weighted by Crippen LogP contribution is -2.06. The number of benzene rings is 1. The number of imidazole rings is 1. The Bertz CT molecular complexity index is 670. The highest BCUT2D eigenvalue weighted by Gasteiger charge is 2.45. The number of hydrogen-bond acceptors (Lipinski definition) is 2. The van der Waals surface area contributed by atoms with E-state index in [1.807, 2.05) is 6.92 Å². The number of carboxylic acids is 1. The van der Waals surface area contributed by atoms with Crippen LogP contribution in [-0.4, -0.2) is 20.6 Å². The number of carbonyl (C=O) groups is 1. The fraction of sp³-hybridized carbons (Fsp3) is 0.467. The number of rotatable bonds is 3. The van der Waals surface area contributed by atoms with Crippen LogP contribution in [0.3, 0.4) is 0 Å². The second kappa shape index (κ2) is 3.83. The van der Waals surface area contributed by atoms with Gasteiger partial charge in [-0.25, -0.2) is 9.78 Å². The highest BCUT2D eigenvalue weighted by molar-refractivity contribution is 5.92. The molecular formula is C15H18N2O2. The van der Waals surface area contributed by atoms with Crippen molar-refractivity contribution >= 4 is 17.0 Å². The number of aromatic carboxylic acids is 1. The molecule has 1 heterocycles. The van der Waals surface area contributed by atoms with Crippen LogP contribution in [0.15, 0.2) is 18.2 Å². The number of carboxylic acid groups (broad SMARTS) is 1. The molecule has 19 heavy (non-hydrogen) atoms. The van der Waals surface area contributed by atoms with Crippen molar-refractivity contribution in [3.05, 3.63) is 29.6 Å². The van der Waals surface area contributed by atoms with Gasteiger partial charge < -0.3 is 9.67 Å². The van der Waals surface area contributed by atoms with Crippen molar-refractivity contribution in [3.63, 3.8) is 0 Å². The van der Waals surface area contributed by atoms with Gasteiger partial charge in [-0.15, -0.1) is 0 Å². The third kappa shape index (κ3) is 2.01. The zero-order valence-corrected chi connectivity index (χ0v) is 11.5. The number of aryl methyl sites for hydroxylation is 1. The second-order valence-corrected chi connectivity index (χ2v) is 6.17. The van der Waals surface area contributed by atoms with Crippen molar-refractivity contribution in [2.45, 2.75) is 33.7 Å². The molecule has 1 aromatic carbocycles. The van der Waals surface area contributed by atoms with E-state index >= 15 is 0 Å². The molecule has 1 N–H and O–H groups in total. The van der Waals surface area contributed by atoms with Crippen LogP contribution in [0, 0.1) is 18.3 Å². The molecule has 0 bridgehead atoms. The fourth-order valence-electron chi connectivity index (χ4n) is 2.71. The minimum absolute atomic E-state index is 0.323. The molecular weight excluding hydrogens is 240 g/mol. The summed E-state index contributed by atoms with van der Waals surface area (Å²) in [6, 6.07) is 5.13. The largest absolute Gasteiger partial charge is 0.478 e. The monoisotopic (exact) mass is 258 g/mol. The zero-order chi connectivity index (χ0) is 13.8. The van der Waals surface area contributed by atoms with Gasteiger partial charge in [0.1, 0.15) is 5.82 Å². The topological polar surface area (TPSA) is 55.1 Å². The predicted octanol–water partition coefficient (Wildman–Crippen LogP) is 3.09. The first-order valence-corrected chi connectivity index (χ1v) is 6.59. The summed E-state index contributed by atoms with van der Waals surface area (Å²) < 4.78 is 2.15. The van der Waals surface area contributed by atoms with Crippen LogP contribution in [0.1, 0.15) is 36.5 Å². The van der Waals surface area contributed by atoms with Crippen LogP contribution in [-0.2, 0) is 6.54 Å². The van der Waals surface area contributed by atoms with Crippen LogP contribution in [0.2, 0.25) is 0 Å². The molecule has 0 radical (unpaired) electrons. The molecule has 1 atom stereocenters. The Morgan fingerprint density at radius 2 is 2.21 bits per heavy atom. The van der Waals surface area contributed by atoms with Gasteiger partial charge in [-0.1, -0.05) is 13.8 Å². The first kappa shape index (κ1) is 12.2. The van der Waals surface area contributed by atoms with Gasteiger partial charge >= 0.3 is 5.97 Å². The van der Waals surface area contributed by atoms with Gasteiger partial charge in [-0.05, 0) is 42.9 Å². The molecule has 1 unspecified atom stereocenters. The summed E-state index contributed by atoms with van der Waals surface area (Å²) >= 11 is 0. The smallest absolute Gasteiger partial charge is 0.335 e.